The summed E-state index contributed by atoms with van der Waals surface area (Å²) in [6, 6.07) is 7.54. The molecule has 2 aliphatic rings. The molecule has 114 valence electrons. The highest BCUT2D eigenvalue weighted by molar-refractivity contribution is 5.77. The van der Waals surface area contributed by atoms with Gasteiger partial charge in [-0.15, -0.1) is 0 Å². The number of ether oxygens (including phenoxy) is 1. The zero-order valence-electron chi connectivity index (χ0n) is 12.8. The van der Waals surface area contributed by atoms with Gasteiger partial charge in [-0.1, -0.05) is 12.1 Å². The number of nitrogens with one attached hydrogen (secondary N) is 2. The number of piperidine rings is 1. The van der Waals surface area contributed by atoms with Crippen LogP contribution in [0.4, 0.5) is 0 Å². The van der Waals surface area contributed by atoms with E-state index in [4.69, 9.17) is 4.74 Å². The van der Waals surface area contributed by atoms with Crippen molar-refractivity contribution in [1.82, 2.24) is 10.6 Å². The highest BCUT2D eigenvalue weighted by atomic mass is 16.5. The van der Waals surface area contributed by atoms with Crippen molar-refractivity contribution in [2.45, 2.75) is 57.7 Å². The summed E-state index contributed by atoms with van der Waals surface area (Å²) >= 11 is 0. The first-order chi connectivity index (χ1) is 10.1. The minimum Gasteiger partial charge on any atom is -0.483 e. The predicted molar refractivity (Wildman–Crippen MR) is 82.5 cm³/mol. The van der Waals surface area contributed by atoms with E-state index in [1.165, 1.54) is 12.8 Å². The fourth-order valence-corrected chi connectivity index (χ4v) is 3.45. The third-order valence-corrected chi connectivity index (χ3v) is 4.54. The average molecular weight is 288 g/mol. The van der Waals surface area contributed by atoms with Crippen molar-refractivity contribution in [2.24, 2.45) is 0 Å². The fourth-order valence-electron chi connectivity index (χ4n) is 3.45. The summed E-state index contributed by atoms with van der Waals surface area (Å²) in [5, 5.41) is 6.70. The molecular weight excluding hydrogens is 264 g/mol. The van der Waals surface area contributed by atoms with Gasteiger partial charge in [0.15, 0.2) is 6.61 Å². The number of fused-ring (bicyclic) bond motifs is 2. The second-order valence-corrected chi connectivity index (χ2v) is 6.43. The maximum atomic E-state index is 12.1. The Morgan fingerprint density at radius 1 is 1.29 bits per heavy atom. The van der Waals surface area contributed by atoms with Gasteiger partial charge in [0.1, 0.15) is 5.75 Å². The van der Waals surface area contributed by atoms with Gasteiger partial charge in [0.2, 0.25) is 0 Å². The molecule has 2 unspecified atom stereocenters. The molecule has 0 radical (unpaired) electrons. The summed E-state index contributed by atoms with van der Waals surface area (Å²) in [4.78, 5) is 12.1. The molecule has 0 spiro atoms. The topological polar surface area (TPSA) is 50.4 Å². The van der Waals surface area contributed by atoms with Crippen molar-refractivity contribution in [3.63, 3.8) is 0 Å². The molecule has 2 atom stereocenters. The Balaban J connectivity index is 1.49. The van der Waals surface area contributed by atoms with E-state index >= 15 is 0 Å². The smallest absolute Gasteiger partial charge is 0.258 e. The van der Waals surface area contributed by atoms with Crippen LogP contribution in [0.25, 0.3) is 0 Å². The van der Waals surface area contributed by atoms with Gasteiger partial charge in [-0.2, -0.15) is 0 Å². The molecule has 3 rings (SSSR count). The lowest BCUT2D eigenvalue weighted by atomic mass is 10.00. The number of benzene rings is 1. The molecule has 2 saturated heterocycles. The number of hydrogen-bond acceptors (Lipinski definition) is 3. The molecule has 0 aliphatic carbocycles. The van der Waals surface area contributed by atoms with Crippen molar-refractivity contribution >= 4 is 5.91 Å². The fraction of sp³-hybridized carbons (Fsp3) is 0.588. The molecule has 21 heavy (non-hydrogen) atoms. The lowest BCUT2D eigenvalue weighted by molar-refractivity contribution is -0.124. The van der Waals surface area contributed by atoms with Crippen LogP contribution in [0.2, 0.25) is 0 Å². The first kappa shape index (κ1) is 14.4. The van der Waals surface area contributed by atoms with Crippen molar-refractivity contribution in [3.8, 4) is 5.75 Å². The van der Waals surface area contributed by atoms with E-state index in [9.17, 15) is 4.79 Å². The van der Waals surface area contributed by atoms with Crippen LogP contribution in [0, 0.1) is 13.8 Å². The van der Waals surface area contributed by atoms with Crippen LogP contribution in [0.3, 0.4) is 0 Å². The van der Waals surface area contributed by atoms with Crippen molar-refractivity contribution < 1.29 is 9.53 Å². The van der Waals surface area contributed by atoms with E-state index in [1.807, 2.05) is 32.0 Å². The number of rotatable bonds is 4. The van der Waals surface area contributed by atoms with Crippen molar-refractivity contribution in [2.75, 3.05) is 6.61 Å². The van der Waals surface area contributed by atoms with Crippen LogP contribution in [0.15, 0.2) is 18.2 Å². The normalized spacial score (nSPS) is 27.4. The van der Waals surface area contributed by atoms with Gasteiger partial charge in [0.05, 0.1) is 0 Å². The third-order valence-electron chi connectivity index (χ3n) is 4.54. The SMILES string of the molecule is Cc1ccc(C)c(OCC(=O)NC2CC3CCC(C2)N3)c1. The minimum atomic E-state index is -0.0118. The van der Waals surface area contributed by atoms with Crippen molar-refractivity contribution in [3.05, 3.63) is 29.3 Å². The molecule has 2 bridgehead atoms. The Morgan fingerprint density at radius 2 is 2.00 bits per heavy atom. The summed E-state index contributed by atoms with van der Waals surface area (Å²) in [5.41, 5.74) is 2.21. The predicted octanol–water partition coefficient (Wildman–Crippen LogP) is 2.08. The Hall–Kier alpha value is -1.55. The summed E-state index contributed by atoms with van der Waals surface area (Å²) in [7, 11) is 0. The zero-order valence-corrected chi connectivity index (χ0v) is 12.8. The van der Waals surface area contributed by atoms with Crippen molar-refractivity contribution in [1.29, 1.82) is 0 Å². The second kappa shape index (κ2) is 6.06. The summed E-state index contributed by atoms with van der Waals surface area (Å²) < 4.78 is 5.66. The number of carbonyl (C=O) groups excluding carboxylic acids is 1. The molecule has 2 N–H and O–H groups in total. The first-order valence-corrected chi connectivity index (χ1v) is 7.85. The van der Waals surface area contributed by atoms with Gasteiger partial charge in [0, 0.05) is 18.1 Å². The maximum Gasteiger partial charge on any atom is 0.258 e. The van der Waals surface area contributed by atoms with Gasteiger partial charge in [0.25, 0.3) is 5.91 Å². The van der Waals surface area contributed by atoms with Gasteiger partial charge in [-0.05, 0) is 56.7 Å². The third kappa shape index (κ3) is 3.56. The molecule has 0 saturated carbocycles. The Labute approximate surface area is 126 Å². The molecule has 2 fully saturated rings. The lowest BCUT2D eigenvalue weighted by Crippen LogP contribution is -2.48. The van der Waals surface area contributed by atoms with Gasteiger partial charge < -0.3 is 15.4 Å². The Bertz CT molecular complexity index is 518. The summed E-state index contributed by atoms with van der Waals surface area (Å²) in [6.07, 6.45) is 4.59. The second-order valence-electron chi connectivity index (χ2n) is 6.43. The number of hydrogen-bond donors (Lipinski definition) is 2. The molecule has 4 nitrogen and oxygen atoms in total. The van der Waals surface area contributed by atoms with Crippen LogP contribution in [-0.4, -0.2) is 30.6 Å². The van der Waals surface area contributed by atoms with Crippen LogP contribution in [0.5, 0.6) is 5.75 Å². The zero-order chi connectivity index (χ0) is 14.8. The Morgan fingerprint density at radius 3 is 2.71 bits per heavy atom. The average Bonchev–Trinajstić information content (AvgIpc) is 2.79. The van der Waals surface area contributed by atoms with Crippen LogP contribution in [-0.2, 0) is 4.79 Å². The molecule has 4 heteroatoms. The van der Waals surface area contributed by atoms with Gasteiger partial charge >= 0.3 is 0 Å². The van der Waals surface area contributed by atoms with Gasteiger partial charge in [-0.25, -0.2) is 0 Å². The van der Waals surface area contributed by atoms with E-state index in [2.05, 4.69) is 10.6 Å². The number of aryl methyl sites for hydroxylation is 2. The first-order valence-electron chi connectivity index (χ1n) is 7.85. The van der Waals surface area contributed by atoms with E-state index in [-0.39, 0.29) is 12.5 Å². The highest BCUT2D eigenvalue weighted by Gasteiger charge is 2.33. The number of amides is 1. The standard InChI is InChI=1S/C17H24N2O2/c1-11-3-4-12(2)16(7-11)21-10-17(20)19-15-8-13-5-6-14(9-15)18-13/h3-4,7,13-15,18H,5-6,8-10H2,1-2H3,(H,19,20). The molecule has 1 aromatic carbocycles. The van der Waals surface area contributed by atoms with E-state index in [1.54, 1.807) is 0 Å². The monoisotopic (exact) mass is 288 g/mol. The maximum absolute atomic E-state index is 12.1. The molecular formula is C17H24N2O2. The van der Waals surface area contributed by atoms with Crippen LogP contribution >= 0.6 is 0 Å². The molecule has 2 aliphatic heterocycles. The largest absolute Gasteiger partial charge is 0.483 e. The Kier molecular flexibility index (Phi) is 4.15. The van der Waals surface area contributed by atoms with E-state index < -0.39 is 0 Å². The minimum absolute atomic E-state index is 0.0118. The quantitative estimate of drug-likeness (QED) is 0.892. The molecule has 2 heterocycles. The molecule has 1 aromatic rings. The summed E-state index contributed by atoms with van der Waals surface area (Å²) in [6.45, 7) is 4.12. The van der Waals surface area contributed by atoms with Gasteiger partial charge in [-0.3, -0.25) is 4.79 Å². The number of carbonyl (C=O) groups is 1. The summed E-state index contributed by atoms with van der Waals surface area (Å²) in [5.74, 6) is 0.790. The van der Waals surface area contributed by atoms with E-state index in [0.717, 1.165) is 29.7 Å². The van der Waals surface area contributed by atoms with Crippen LogP contribution < -0.4 is 15.4 Å². The molecule has 0 aromatic heterocycles. The van der Waals surface area contributed by atoms with Crippen LogP contribution in [0.1, 0.15) is 36.8 Å². The lowest BCUT2D eigenvalue weighted by Gasteiger charge is -2.29. The highest BCUT2D eigenvalue weighted by Crippen LogP contribution is 2.26. The molecule has 1 amide bonds. The van der Waals surface area contributed by atoms with E-state index in [0.29, 0.717) is 18.1 Å².